The normalized spacial score (nSPS) is 26.0. The van der Waals surface area contributed by atoms with Gasteiger partial charge in [0.25, 0.3) is 0 Å². The summed E-state index contributed by atoms with van der Waals surface area (Å²) in [5, 5.41) is 11.6. The van der Waals surface area contributed by atoms with Gasteiger partial charge in [-0.2, -0.15) is 16.6 Å². The van der Waals surface area contributed by atoms with E-state index in [2.05, 4.69) is 20.6 Å². The third-order valence-electron chi connectivity index (χ3n) is 2.93. The van der Waals surface area contributed by atoms with E-state index in [-0.39, 0.29) is 30.0 Å². The zero-order valence-corrected chi connectivity index (χ0v) is 13.7. The van der Waals surface area contributed by atoms with Gasteiger partial charge >= 0.3 is 18.2 Å². The number of thioether (sulfide) groups is 1. The fraction of sp³-hybridized carbons (Fsp3) is 0.750. The average molecular weight is 349 g/mol. The maximum Gasteiger partial charge on any atom is 0.451 e. The van der Waals surface area contributed by atoms with Crippen molar-refractivity contribution in [2.75, 3.05) is 12.4 Å². The maximum absolute atomic E-state index is 11.3. The van der Waals surface area contributed by atoms with Crippen molar-refractivity contribution in [2.24, 2.45) is 0 Å². The van der Waals surface area contributed by atoms with Crippen molar-refractivity contribution in [3.8, 4) is 0 Å². The second-order valence-corrected chi connectivity index (χ2v) is 7.24. The van der Waals surface area contributed by atoms with E-state index in [4.69, 9.17) is 9.62 Å². The Morgan fingerprint density at radius 2 is 2.04 bits per heavy atom. The van der Waals surface area contributed by atoms with Gasteiger partial charge in [0.1, 0.15) is 12.2 Å². The van der Waals surface area contributed by atoms with Crippen LogP contribution in [0.25, 0.3) is 0 Å². The summed E-state index contributed by atoms with van der Waals surface area (Å²) in [6, 6.07) is -0.219. The summed E-state index contributed by atoms with van der Waals surface area (Å²) >= 11 is 1.60. The molecule has 2 heterocycles. The molecule has 2 rings (SSSR count). The number of hydrogen-bond donors (Lipinski definition) is 3. The fourth-order valence-corrected chi connectivity index (χ4v) is 3.45. The standard InChI is InChI=1S/C12H19N3O7S/c1-12(2,3)20-10(17)15-11(18)21-22-19-4-7-8-6(5-23-7)13-9(16)14-8/h6-8H,4-5H2,1-3H3,(H2,13,14,16)(H,15,17,18)/t6-,7-,8-/m0/s1. The lowest BCUT2D eigenvalue weighted by Crippen LogP contribution is -2.39. The van der Waals surface area contributed by atoms with Crippen molar-refractivity contribution in [1.82, 2.24) is 16.0 Å². The molecular weight excluding hydrogens is 330 g/mol. The maximum atomic E-state index is 11.3. The van der Waals surface area contributed by atoms with Crippen molar-refractivity contribution in [1.29, 1.82) is 0 Å². The van der Waals surface area contributed by atoms with E-state index in [1.165, 1.54) is 0 Å². The predicted octanol–water partition coefficient (Wildman–Crippen LogP) is 0.676. The summed E-state index contributed by atoms with van der Waals surface area (Å²) in [4.78, 5) is 42.7. The molecule has 0 aromatic heterocycles. The molecule has 2 saturated heterocycles. The third kappa shape index (κ3) is 5.44. The van der Waals surface area contributed by atoms with Crippen molar-refractivity contribution in [3.05, 3.63) is 0 Å². The van der Waals surface area contributed by atoms with Gasteiger partial charge in [-0.25, -0.2) is 24.6 Å². The zero-order valence-electron chi connectivity index (χ0n) is 12.9. The van der Waals surface area contributed by atoms with Gasteiger partial charge in [0.2, 0.25) is 0 Å². The van der Waals surface area contributed by atoms with E-state index in [1.807, 2.05) is 5.32 Å². The molecule has 3 atom stereocenters. The van der Waals surface area contributed by atoms with Crippen molar-refractivity contribution >= 4 is 30.0 Å². The van der Waals surface area contributed by atoms with Gasteiger partial charge in [0.15, 0.2) is 0 Å². The Kier molecular flexibility index (Phi) is 5.55. The number of alkyl carbamates (subject to hydrolysis) is 1. The predicted molar refractivity (Wildman–Crippen MR) is 78.4 cm³/mol. The highest BCUT2D eigenvalue weighted by Gasteiger charge is 2.43. The summed E-state index contributed by atoms with van der Waals surface area (Å²) in [5.74, 6) is 0.761. The molecule has 23 heavy (non-hydrogen) atoms. The summed E-state index contributed by atoms with van der Waals surface area (Å²) in [6.07, 6.45) is -2.12. The Morgan fingerprint density at radius 1 is 1.30 bits per heavy atom. The number of ether oxygens (including phenoxy) is 1. The van der Waals surface area contributed by atoms with Gasteiger partial charge in [-0.1, -0.05) is 0 Å². The second-order valence-electron chi connectivity index (χ2n) is 5.97. The second kappa shape index (κ2) is 7.23. The Morgan fingerprint density at radius 3 is 2.74 bits per heavy atom. The first-order valence-corrected chi connectivity index (χ1v) is 7.98. The number of imide groups is 1. The summed E-state index contributed by atoms with van der Waals surface area (Å²) in [5.41, 5.74) is -0.738. The minimum Gasteiger partial charge on any atom is -0.443 e. The summed E-state index contributed by atoms with van der Waals surface area (Å²) < 4.78 is 4.86. The van der Waals surface area contributed by atoms with Gasteiger partial charge in [-0.3, -0.25) is 0 Å². The van der Waals surface area contributed by atoms with Crippen LogP contribution in [0.3, 0.4) is 0 Å². The molecule has 0 spiro atoms. The molecule has 3 N–H and O–H groups in total. The molecule has 4 amide bonds. The molecule has 0 radical (unpaired) electrons. The van der Waals surface area contributed by atoms with Gasteiger partial charge in [-0.15, -0.1) is 0 Å². The third-order valence-corrected chi connectivity index (χ3v) is 4.34. The number of fused-ring (bicyclic) bond motifs is 1. The molecule has 0 saturated carbocycles. The Labute approximate surface area is 136 Å². The van der Waals surface area contributed by atoms with Crippen LogP contribution in [0.1, 0.15) is 20.8 Å². The van der Waals surface area contributed by atoms with Gasteiger partial charge in [0, 0.05) is 5.75 Å². The quantitative estimate of drug-likeness (QED) is 0.293. The number of carbonyl (C=O) groups excluding carboxylic acids is 3. The highest BCUT2D eigenvalue weighted by Crippen LogP contribution is 2.29. The number of nitrogens with one attached hydrogen (secondary N) is 3. The molecule has 0 aromatic carbocycles. The van der Waals surface area contributed by atoms with Crippen LogP contribution in [0.2, 0.25) is 0 Å². The fourth-order valence-electron chi connectivity index (χ4n) is 2.09. The molecule has 0 bridgehead atoms. The van der Waals surface area contributed by atoms with Crippen LogP contribution in [0, 0.1) is 0 Å². The molecule has 0 aliphatic carbocycles. The lowest BCUT2D eigenvalue weighted by molar-refractivity contribution is -0.480. The molecule has 2 aliphatic heterocycles. The highest BCUT2D eigenvalue weighted by atomic mass is 32.2. The summed E-state index contributed by atoms with van der Waals surface area (Å²) in [6.45, 7) is 5.07. The molecule has 2 aliphatic rings. The minimum absolute atomic E-state index is 0.0310. The van der Waals surface area contributed by atoms with E-state index in [0.717, 1.165) is 5.75 Å². The SMILES string of the molecule is CC(C)(C)OC(=O)NC(=O)OOOC[C@@H]1SC[C@@H]2NC(=O)N[C@@H]21. The molecule has 10 nitrogen and oxygen atoms in total. The van der Waals surface area contributed by atoms with E-state index in [0.29, 0.717) is 0 Å². The molecule has 130 valence electrons. The molecule has 0 unspecified atom stereocenters. The highest BCUT2D eigenvalue weighted by molar-refractivity contribution is 8.00. The Balaban J connectivity index is 1.59. The Bertz CT molecular complexity index is 482. The van der Waals surface area contributed by atoms with Crippen LogP contribution in [-0.4, -0.2) is 53.5 Å². The molecule has 11 heteroatoms. The number of rotatable bonds is 4. The smallest absolute Gasteiger partial charge is 0.443 e. The van der Waals surface area contributed by atoms with Gasteiger partial charge in [0.05, 0.1) is 17.3 Å². The van der Waals surface area contributed by atoms with Crippen LogP contribution in [0.4, 0.5) is 14.4 Å². The van der Waals surface area contributed by atoms with Crippen LogP contribution in [0.5, 0.6) is 0 Å². The number of amides is 4. The lowest BCUT2D eigenvalue weighted by Gasteiger charge is -2.18. The van der Waals surface area contributed by atoms with E-state index in [9.17, 15) is 14.4 Å². The monoisotopic (exact) mass is 349 g/mol. The minimum atomic E-state index is -1.16. The number of urea groups is 1. The van der Waals surface area contributed by atoms with Crippen molar-refractivity contribution in [3.63, 3.8) is 0 Å². The van der Waals surface area contributed by atoms with E-state index in [1.54, 1.807) is 32.5 Å². The van der Waals surface area contributed by atoms with Crippen LogP contribution < -0.4 is 16.0 Å². The van der Waals surface area contributed by atoms with Crippen molar-refractivity contribution < 1.29 is 33.9 Å². The first-order valence-electron chi connectivity index (χ1n) is 6.93. The molecular formula is C12H19N3O7S. The summed E-state index contributed by atoms with van der Waals surface area (Å²) in [7, 11) is 0. The Hall–Kier alpha value is -1.72. The first-order chi connectivity index (χ1) is 10.7. The number of hydrogen-bond acceptors (Lipinski definition) is 8. The van der Waals surface area contributed by atoms with Crippen molar-refractivity contribution in [2.45, 2.75) is 43.7 Å². The largest absolute Gasteiger partial charge is 0.451 e. The van der Waals surface area contributed by atoms with E-state index >= 15 is 0 Å². The zero-order chi connectivity index (χ0) is 17.0. The van der Waals surface area contributed by atoms with E-state index < -0.39 is 17.8 Å². The first kappa shape index (κ1) is 17.6. The average Bonchev–Trinajstić information content (AvgIpc) is 2.92. The lowest BCUT2D eigenvalue weighted by atomic mass is 10.1. The topological polar surface area (TPSA) is 124 Å². The van der Waals surface area contributed by atoms with Crippen LogP contribution >= 0.6 is 11.8 Å². The van der Waals surface area contributed by atoms with Crippen LogP contribution in [0.15, 0.2) is 0 Å². The molecule has 0 aromatic rings. The van der Waals surface area contributed by atoms with Gasteiger partial charge in [-0.05, 0) is 25.8 Å². The molecule has 2 fully saturated rings. The van der Waals surface area contributed by atoms with Gasteiger partial charge < -0.3 is 15.4 Å². The van der Waals surface area contributed by atoms with Crippen LogP contribution in [-0.2, 0) is 19.6 Å². The number of carbonyl (C=O) groups is 3.